The molecule has 72 valence electrons. The fourth-order valence-electron chi connectivity index (χ4n) is 1.48. The van der Waals surface area contributed by atoms with Crippen LogP contribution >= 0.6 is 0 Å². The van der Waals surface area contributed by atoms with Crippen molar-refractivity contribution in [2.75, 3.05) is 12.4 Å². The van der Waals surface area contributed by atoms with E-state index in [4.69, 9.17) is 5.79 Å². The van der Waals surface area contributed by atoms with Crippen LogP contribution < -0.4 is 5.32 Å². The number of para-hydroxylation sites is 1. The van der Waals surface area contributed by atoms with Crippen molar-refractivity contribution in [1.29, 1.82) is 0 Å². The maximum atomic E-state index is 11.3. The molecule has 3 heteroatoms. The van der Waals surface area contributed by atoms with Crippen molar-refractivity contribution in [1.82, 2.24) is 0 Å². The minimum absolute atomic E-state index is 0.123. The summed E-state index contributed by atoms with van der Waals surface area (Å²) in [5, 5.41) is 3.70. The first-order valence-corrected chi connectivity index (χ1v) is 4.35. The lowest BCUT2D eigenvalue weighted by molar-refractivity contribution is 0.0990. The smallest absolute Gasteiger partial charge is 0.197 e. The zero-order valence-electron chi connectivity index (χ0n) is 9.05. The third kappa shape index (κ3) is 1.18. The van der Waals surface area contributed by atoms with Gasteiger partial charge in [-0.1, -0.05) is 12.1 Å². The summed E-state index contributed by atoms with van der Waals surface area (Å²) < 4.78 is 12.9. The van der Waals surface area contributed by atoms with Gasteiger partial charge in [0.2, 0.25) is 0 Å². The number of fused-ring (bicyclic) bond motifs is 1. The van der Waals surface area contributed by atoms with Gasteiger partial charge in [-0.3, -0.25) is 4.79 Å². The second-order valence-corrected chi connectivity index (χ2v) is 3.03. The van der Waals surface area contributed by atoms with Crippen molar-refractivity contribution in [3.63, 3.8) is 0 Å². The number of Topliss-reactive ketones (excluding diaryl/α,β-unsaturated/α-hetero) is 1. The summed E-state index contributed by atoms with van der Waals surface area (Å²) in [5.41, 5.74) is 1.28. The highest BCUT2D eigenvalue weighted by atomic mass is 16.3. The maximum absolute atomic E-state index is 11.3. The topological polar surface area (TPSA) is 42.2 Å². The number of furan rings is 1. The molecule has 2 rings (SSSR count). The van der Waals surface area contributed by atoms with Gasteiger partial charge in [0.25, 0.3) is 0 Å². The Kier molecular flexibility index (Phi) is 1.73. The van der Waals surface area contributed by atoms with Gasteiger partial charge in [-0.05, 0) is 12.1 Å². The van der Waals surface area contributed by atoms with E-state index < -0.39 is 0 Å². The van der Waals surface area contributed by atoms with E-state index in [0.717, 1.165) is 5.39 Å². The Balaban J connectivity index is 2.79. The van der Waals surface area contributed by atoms with Crippen molar-refractivity contribution in [3.8, 4) is 0 Å². The molecule has 0 amide bonds. The zero-order valence-corrected chi connectivity index (χ0v) is 8.05. The molecule has 0 aliphatic rings. The summed E-state index contributed by atoms with van der Waals surface area (Å²) >= 11 is 0. The van der Waals surface area contributed by atoms with Gasteiger partial charge in [0, 0.05) is 19.4 Å². The van der Waals surface area contributed by atoms with E-state index in [1.807, 2.05) is 0 Å². The van der Waals surface area contributed by atoms with E-state index >= 15 is 0 Å². The molecular formula is C11H11NO2. The summed E-state index contributed by atoms with van der Waals surface area (Å²) in [4.78, 5) is 11.3. The van der Waals surface area contributed by atoms with E-state index in [1.165, 1.54) is 6.92 Å². The molecule has 1 aromatic heterocycles. The van der Waals surface area contributed by atoms with Crippen molar-refractivity contribution in [2.24, 2.45) is 0 Å². The van der Waals surface area contributed by atoms with Crippen LogP contribution in [0.2, 0.25) is 0 Å². The van der Waals surface area contributed by atoms with Gasteiger partial charge < -0.3 is 9.73 Å². The molecule has 2 aromatic rings. The van der Waals surface area contributed by atoms with E-state index in [-0.39, 0.29) is 5.78 Å². The molecule has 14 heavy (non-hydrogen) atoms. The van der Waals surface area contributed by atoms with Crippen LogP contribution in [0.25, 0.3) is 11.0 Å². The number of benzene rings is 1. The first kappa shape index (κ1) is 7.62. The predicted molar refractivity (Wildman–Crippen MR) is 55.8 cm³/mol. The normalized spacial score (nSPS) is 11.4. The molecule has 0 saturated heterocycles. The number of rotatable bonds is 2. The van der Waals surface area contributed by atoms with Crippen LogP contribution in [0.4, 0.5) is 5.69 Å². The Bertz CT molecular complexity index is 531. The Morgan fingerprint density at radius 3 is 3.00 bits per heavy atom. The molecule has 0 saturated carbocycles. The molecule has 0 atom stereocenters. The minimum atomic E-state index is -0.123. The molecule has 0 bridgehead atoms. The quantitative estimate of drug-likeness (QED) is 0.740. The van der Waals surface area contributed by atoms with Crippen LogP contribution in [-0.4, -0.2) is 12.8 Å². The summed E-state index contributed by atoms with van der Waals surface area (Å²) in [6, 6.07) is 5.41. The van der Waals surface area contributed by atoms with Gasteiger partial charge in [-0.25, -0.2) is 0 Å². The highest BCUT2D eigenvalue weighted by molar-refractivity contribution is 6.06. The third-order valence-electron chi connectivity index (χ3n) is 2.10. The highest BCUT2D eigenvalue weighted by Gasteiger charge is 2.15. The molecule has 3 nitrogen and oxygen atoms in total. The number of ketones is 1. The molecule has 0 unspecified atom stereocenters. The number of anilines is 1. The average molecular weight is 190 g/mol. The lowest BCUT2D eigenvalue weighted by atomic mass is 10.2. The lowest BCUT2D eigenvalue weighted by Crippen LogP contribution is -1.96. The second-order valence-electron chi connectivity index (χ2n) is 3.03. The summed E-state index contributed by atoms with van der Waals surface area (Å²) in [7, 11) is 1.73. The van der Waals surface area contributed by atoms with Gasteiger partial charge in [0.1, 0.15) is 5.58 Å². The van der Waals surface area contributed by atoms with Crippen molar-refractivity contribution >= 4 is 22.4 Å². The van der Waals surface area contributed by atoms with Crippen molar-refractivity contribution in [3.05, 3.63) is 30.0 Å². The first-order valence-electron chi connectivity index (χ1n) is 4.85. The van der Waals surface area contributed by atoms with Crippen molar-refractivity contribution in [2.45, 2.75) is 6.92 Å². The molecule has 0 aliphatic carbocycles. The minimum Gasteiger partial charge on any atom is -0.451 e. The van der Waals surface area contributed by atoms with Gasteiger partial charge in [0.05, 0.1) is 7.06 Å². The maximum Gasteiger partial charge on any atom is 0.197 e. The Labute approximate surface area is 83.1 Å². The number of nitrogens with one attached hydrogen (secondary N) is 1. The molecular weight excluding hydrogens is 178 g/mol. The average Bonchev–Trinajstić information content (AvgIpc) is 2.55. The number of hydrogen-bond acceptors (Lipinski definition) is 3. The van der Waals surface area contributed by atoms with Gasteiger partial charge in [0.15, 0.2) is 11.5 Å². The third-order valence-corrected chi connectivity index (χ3v) is 2.10. The monoisotopic (exact) mass is 190 g/mol. The van der Waals surface area contributed by atoms with Crippen LogP contribution in [-0.2, 0) is 0 Å². The summed E-state index contributed by atoms with van der Waals surface area (Å²) in [6.07, 6.45) is 0. The van der Waals surface area contributed by atoms with Crippen LogP contribution in [0.1, 0.15) is 18.8 Å². The van der Waals surface area contributed by atoms with Gasteiger partial charge >= 0.3 is 0 Å². The number of hydrogen-bond donors (Lipinski definition) is 1. The highest BCUT2D eigenvalue weighted by Crippen LogP contribution is 2.30. The fraction of sp³-hybridized carbons (Fsp3) is 0.182. The van der Waals surface area contributed by atoms with E-state index in [0.29, 0.717) is 23.1 Å². The molecule has 0 radical (unpaired) electrons. The Morgan fingerprint density at radius 2 is 2.36 bits per heavy atom. The van der Waals surface area contributed by atoms with E-state index in [2.05, 4.69) is 5.32 Å². The predicted octanol–water partition coefficient (Wildman–Crippen LogP) is 2.68. The Hall–Kier alpha value is -1.77. The molecule has 0 fully saturated rings. The molecule has 0 aliphatic heterocycles. The van der Waals surface area contributed by atoms with Gasteiger partial charge in [-0.15, -0.1) is 0 Å². The van der Waals surface area contributed by atoms with Crippen LogP contribution in [0.3, 0.4) is 0 Å². The molecule has 1 heterocycles. The SMILES string of the molecule is [2H]c1ccc2oc(C(C)=O)c(NC)c2c1. The van der Waals surface area contributed by atoms with Crippen LogP contribution in [0.15, 0.2) is 28.7 Å². The number of carbonyl (C=O) groups excluding carboxylic acids is 1. The zero-order chi connectivity index (χ0) is 11.0. The molecule has 1 aromatic carbocycles. The largest absolute Gasteiger partial charge is 0.451 e. The summed E-state index contributed by atoms with van der Waals surface area (Å²) in [6.45, 7) is 1.46. The van der Waals surface area contributed by atoms with Gasteiger partial charge in [-0.2, -0.15) is 0 Å². The van der Waals surface area contributed by atoms with E-state index in [9.17, 15) is 4.79 Å². The second kappa shape index (κ2) is 3.18. The Morgan fingerprint density at radius 1 is 1.57 bits per heavy atom. The van der Waals surface area contributed by atoms with Crippen molar-refractivity contribution < 1.29 is 10.6 Å². The standard InChI is InChI=1S/C11H11NO2/c1-7(13)11-10(12-2)8-5-3-4-6-9(8)14-11/h3-6,12H,1-2H3/i3D. The van der Waals surface area contributed by atoms with E-state index in [1.54, 1.807) is 25.2 Å². The fourth-order valence-corrected chi connectivity index (χ4v) is 1.48. The lowest BCUT2D eigenvalue weighted by Gasteiger charge is -1.96. The first-order chi connectivity index (χ1) is 7.13. The molecule has 0 spiro atoms. The van der Waals surface area contributed by atoms with Crippen LogP contribution in [0.5, 0.6) is 0 Å². The molecule has 1 N–H and O–H groups in total. The number of carbonyl (C=O) groups is 1. The van der Waals surface area contributed by atoms with Crippen LogP contribution in [0, 0.1) is 0 Å². The summed E-state index contributed by atoms with van der Waals surface area (Å²) in [5.74, 6) is 0.195.